The Labute approximate surface area is 134 Å². The zero-order valence-corrected chi connectivity index (χ0v) is 13.8. The Morgan fingerprint density at radius 3 is 2.59 bits per heavy atom. The Kier molecular flexibility index (Phi) is 6.75. The van der Waals surface area contributed by atoms with Gasteiger partial charge >= 0.3 is 0 Å². The zero-order chi connectivity index (χ0) is 15.6. The van der Waals surface area contributed by atoms with Crippen LogP contribution in [0, 0.1) is 0 Å². The number of nitrogens with one attached hydrogen (secondary N) is 1. The van der Waals surface area contributed by atoms with Crippen LogP contribution in [0.5, 0.6) is 0 Å². The second-order valence-corrected chi connectivity index (χ2v) is 5.53. The van der Waals surface area contributed by atoms with E-state index in [1.807, 2.05) is 7.05 Å². The van der Waals surface area contributed by atoms with Gasteiger partial charge in [-0.3, -0.25) is 4.99 Å². The number of nitrogens with zero attached hydrogens (tertiary/aromatic N) is 2. The van der Waals surface area contributed by atoms with E-state index in [0.29, 0.717) is 0 Å². The van der Waals surface area contributed by atoms with Gasteiger partial charge in [0.25, 0.3) is 0 Å². The molecule has 0 saturated carbocycles. The van der Waals surface area contributed by atoms with E-state index < -0.39 is 0 Å². The van der Waals surface area contributed by atoms with Crippen LogP contribution in [-0.4, -0.2) is 37.5 Å². The molecule has 1 fully saturated rings. The van der Waals surface area contributed by atoms with E-state index in [0.717, 1.165) is 44.9 Å². The number of hydrogen-bond donors (Lipinski definition) is 1. The molecular weight excluding hydrogens is 270 g/mol. The second-order valence-electron chi connectivity index (χ2n) is 5.53. The van der Waals surface area contributed by atoms with Crippen molar-refractivity contribution in [1.29, 1.82) is 0 Å². The molecule has 1 N–H and O–H groups in total. The normalized spacial score (nSPS) is 16.2. The number of likely N-dealkylation sites (tertiary alicyclic amines) is 1. The van der Waals surface area contributed by atoms with Crippen molar-refractivity contribution >= 4 is 12.0 Å². The smallest absolute Gasteiger partial charge is 0.193 e. The fourth-order valence-corrected chi connectivity index (χ4v) is 2.70. The molecule has 118 valence electrons. The third-order valence-electron chi connectivity index (χ3n) is 3.92. The molecule has 1 heterocycles. The number of piperidine rings is 1. The Hall–Kier alpha value is -2.03. The van der Waals surface area contributed by atoms with Crippen LogP contribution in [0.1, 0.15) is 31.7 Å². The van der Waals surface area contributed by atoms with Crippen molar-refractivity contribution < 1.29 is 0 Å². The summed E-state index contributed by atoms with van der Waals surface area (Å²) in [6.07, 6.45) is 9.88. The van der Waals surface area contributed by atoms with Gasteiger partial charge in [0.05, 0.1) is 0 Å². The summed E-state index contributed by atoms with van der Waals surface area (Å²) in [6, 6.07) is 10.6. The molecule has 0 aromatic heterocycles. The van der Waals surface area contributed by atoms with Crippen molar-refractivity contribution in [1.82, 2.24) is 10.2 Å². The highest BCUT2D eigenvalue weighted by Gasteiger charge is 2.16. The molecule has 3 heteroatoms. The minimum atomic E-state index is 0.945. The number of allylic oxidation sites excluding steroid dienone is 1. The Bertz CT molecular complexity index is 519. The lowest BCUT2D eigenvalue weighted by Gasteiger charge is -2.31. The van der Waals surface area contributed by atoms with Crippen molar-refractivity contribution in [3.05, 3.63) is 53.6 Å². The van der Waals surface area contributed by atoms with E-state index in [4.69, 9.17) is 0 Å². The summed E-state index contributed by atoms with van der Waals surface area (Å²) < 4.78 is 0. The first kappa shape index (κ1) is 16.3. The average molecular weight is 297 g/mol. The third-order valence-corrected chi connectivity index (χ3v) is 3.92. The van der Waals surface area contributed by atoms with Gasteiger partial charge in [-0.1, -0.05) is 54.1 Å². The summed E-state index contributed by atoms with van der Waals surface area (Å²) >= 11 is 0. The number of rotatable bonds is 4. The zero-order valence-electron chi connectivity index (χ0n) is 13.8. The van der Waals surface area contributed by atoms with Crippen molar-refractivity contribution in [3.8, 4) is 0 Å². The summed E-state index contributed by atoms with van der Waals surface area (Å²) in [5.41, 5.74) is 2.84. The first-order valence-corrected chi connectivity index (χ1v) is 8.14. The van der Waals surface area contributed by atoms with E-state index in [2.05, 4.69) is 70.7 Å². The van der Waals surface area contributed by atoms with Crippen LogP contribution in [0.25, 0.3) is 6.08 Å². The Balaban J connectivity index is 1.84. The van der Waals surface area contributed by atoms with E-state index in [1.54, 1.807) is 0 Å². The van der Waals surface area contributed by atoms with E-state index >= 15 is 0 Å². The van der Waals surface area contributed by atoms with Crippen LogP contribution in [-0.2, 0) is 0 Å². The highest BCUT2D eigenvalue weighted by Crippen LogP contribution is 2.19. The number of hydrogen-bond acceptors (Lipinski definition) is 1. The molecular formula is C19H27N3. The molecule has 2 rings (SSSR count). The molecule has 1 aromatic carbocycles. The molecule has 0 aliphatic carbocycles. The topological polar surface area (TPSA) is 27.6 Å². The summed E-state index contributed by atoms with van der Waals surface area (Å²) in [5.74, 6) is 1.03. The van der Waals surface area contributed by atoms with Gasteiger partial charge < -0.3 is 10.2 Å². The minimum Gasteiger partial charge on any atom is -0.356 e. The predicted molar refractivity (Wildman–Crippen MR) is 96.0 cm³/mol. The first-order valence-electron chi connectivity index (χ1n) is 8.14. The maximum atomic E-state index is 4.41. The number of guanidine groups is 1. The van der Waals surface area contributed by atoms with Crippen molar-refractivity contribution in [2.24, 2.45) is 4.99 Å². The lowest BCUT2D eigenvalue weighted by Crippen LogP contribution is -2.44. The summed E-state index contributed by atoms with van der Waals surface area (Å²) in [6.45, 7) is 5.09. The molecule has 0 radical (unpaired) electrons. The van der Waals surface area contributed by atoms with Gasteiger partial charge in [-0.05, 0) is 31.7 Å². The Morgan fingerprint density at radius 2 is 1.95 bits per heavy atom. The lowest BCUT2D eigenvalue weighted by molar-refractivity contribution is 0.376. The van der Waals surface area contributed by atoms with Gasteiger partial charge in [-0.15, -0.1) is 0 Å². The van der Waals surface area contributed by atoms with Gasteiger partial charge in [-0.2, -0.15) is 0 Å². The molecule has 22 heavy (non-hydrogen) atoms. The van der Waals surface area contributed by atoms with Crippen molar-refractivity contribution in [2.75, 3.05) is 26.7 Å². The predicted octanol–water partition coefficient (Wildman–Crippen LogP) is 3.71. The molecule has 3 nitrogen and oxygen atoms in total. The quantitative estimate of drug-likeness (QED) is 0.397. The molecule has 0 amide bonds. The molecule has 1 aliphatic heterocycles. The summed E-state index contributed by atoms with van der Waals surface area (Å²) in [7, 11) is 1.87. The van der Waals surface area contributed by atoms with Crippen LogP contribution in [0.15, 0.2) is 53.0 Å². The van der Waals surface area contributed by atoms with Crippen molar-refractivity contribution in [3.63, 3.8) is 0 Å². The molecule has 0 unspecified atom stereocenters. The highest BCUT2D eigenvalue weighted by atomic mass is 15.3. The SMILES string of the molecule is C/C=C/CCNC(=NC)N1CCC(=Cc2ccccc2)CC1. The standard InChI is InChI=1S/C19H27N3/c1-3-4-8-13-21-19(20-2)22-14-11-18(12-15-22)16-17-9-6-5-7-10-17/h3-7,9-10,16H,8,11-15H2,1-2H3,(H,20,21)/b4-3+. The lowest BCUT2D eigenvalue weighted by atomic mass is 10.0. The van der Waals surface area contributed by atoms with Gasteiger partial charge in [-0.25, -0.2) is 0 Å². The maximum absolute atomic E-state index is 4.41. The van der Waals surface area contributed by atoms with E-state index in [-0.39, 0.29) is 0 Å². The van der Waals surface area contributed by atoms with Gasteiger partial charge in [0.15, 0.2) is 5.96 Å². The molecule has 0 spiro atoms. The number of benzene rings is 1. The Morgan fingerprint density at radius 1 is 1.23 bits per heavy atom. The molecule has 0 atom stereocenters. The maximum Gasteiger partial charge on any atom is 0.193 e. The first-order chi connectivity index (χ1) is 10.8. The fourth-order valence-electron chi connectivity index (χ4n) is 2.70. The fraction of sp³-hybridized carbons (Fsp3) is 0.421. The van der Waals surface area contributed by atoms with E-state index in [1.165, 1.54) is 11.1 Å². The van der Waals surface area contributed by atoms with Crippen LogP contribution < -0.4 is 5.32 Å². The molecule has 1 saturated heterocycles. The summed E-state index contributed by atoms with van der Waals surface area (Å²) in [5, 5.41) is 3.44. The van der Waals surface area contributed by atoms with Gasteiger partial charge in [0.1, 0.15) is 0 Å². The van der Waals surface area contributed by atoms with Crippen LogP contribution in [0.3, 0.4) is 0 Å². The second kappa shape index (κ2) is 9.08. The third kappa shape index (κ3) is 5.06. The monoisotopic (exact) mass is 297 g/mol. The minimum absolute atomic E-state index is 0.945. The molecule has 1 aliphatic rings. The number of aliphatic imine (C=N–C) groups is 1. The van der Waals surface area contributed by atoms with Crippen LogP contribution >= 0.6 is 0 Å². The van der Waals surface area contributed by atoms with Gasteiger partial charge in [0, 0.05) is 26.7 Å². The summed E-state index contributed by atoms with van der Waals surface area (Å²) in [4.78, 5) is 6.77. The van der Waals surface area contributed by atoms with Crippen LogP contribution in [0.2, 0.25) is 0 Å². The largest absolute Gasteiger partial charge is 0.356 e. The van der Waals surface area contributed by atoms with Gasteiger partial charge in [0.2, 0.25) is 0 Å². The molecule has 0 bridgehead atoms. The molecule has 1 aromatic rings. The average Bonchev–Trinajstić information content (AvgIpc) is 2.57. The van der Waals surface area contributed by atoms with Crippen LogP contribution in [0.4, 0.5) is 0 Å². The van der Waals surface area contributed by atoms with E-state index in [9.17, 15) is 0 Å². The van der Waals surface area contributed by atoms with Crippen molar-refractivity contribution in [2.45, 2.75) is 26.2 Å². The highest BCUT2D eigenvalue weighted by molar-refractivity contribution is 5.80.